The molecule has 0 radical (unpaired) electrons. The van der Waals surface area contributed by atoms with Crippen LogP contribution < -0.4 is 4.74 Å². The third kappa shape index (κ3) is 5.57. The van der Waals surface area contributed by atoms with Gasteiger partial charge in [-0.1, -0.05) is 23.2 Å². The Morgan fingerprint density at radius 1 is 1.28 bits per heavy atom. The lowest BCUT2D eigenvalue weighted by Gasteiger charge is -2.08. The van der Waals surface area contributed by atoms with Gasteiger partial charge < -0.3 is 9.47 Å². The number of hydrogen-bond acceptors (Lipinski definition) is 3. The molecule has 1 aromatic rings. The standard InChI is InChI=1S/C10H7Cl2F3O3/c11-6-1-2-8(7(12)3-6)18-9(16)4-17-5-10(13,14)15/h1-3H,4-5H2. The van der Waals surface area contributed by atoms with E-state index in [1.54, 1.807) is 0 Å². The molecule has 3 nitrogen and oxygen atoms in total. The summed E-state index contributed by atoms with van der Waals surface area (Å²) in [5.41, 5.74) is 0. The zero-order valence-electron chi connectivity index (χ0n) is 8.76. The molecule has 0 aliphatic carbocycles. The summed E-state index contributed by atoms with van der Waals surface area (Å²) in [4.78, 5) is 11.1. The van der Waals surface area contributed by atoms with E-state index < -0.39 is 25.4 Å². The van der Waals surface area contributed by atoms with Crippen LogP contribution in [0.2, 0.25) is 10.0 Å². The fourth-order valence-electron chi connectivity index (χ4n) is 0.960. The first-order chi connectivity index (χ1) is 8.28. The molecule has 0 heterocycles. The molecule has 0 aliphatic rings. The van der Waals surface area contributed by atoms with E-state index in [4.69, 9.17) is 27.9 Å². The predicted octanol–water partition coefficient (Wildman–Crippen LogP) is 3.48. The van der Waals surface area contributed by atoms with Crippen molar-refractivity contribution < 1.29 is 27.4 Å². The summed E-state index contributed by atoms with van der Waals surface area (Å²) in [5.74, 6) is -0.981. The van der Waals surface area contributed by atoms with Crippen LogP contribution in [0.25, 0.3) is 0 Å². The highest BCUT2D eigenvalue weighted by molar-refractivity contribution is 6.35. The summed E-state index contributed by atoms with van der Waals surface area (Å²) in [6, 6.07) is 4.08. The van der Waals surface area contributed by atoms with Gasteiger partial charge in [-0.15, -0.1) is 0 Å². The molecular formula is C10H7Cl2F3O3. The zero-order chi connectivity index (χ0) is 13.8. The van der Waals surface area contributed by atoms with Crippen molar-refractivity contribution in [3.05, 3.63) is 28.2 Å². The first kappa shape index (κ1) is 15.1. The first-order valence-electron chi connectivity index (χ1n) is 4.58. The molecule has 1 aromatic carbocycles. The first-order valence-corrected chi connectivity index (χ1v) is 5.34. The second-order valence-corrected chi connectivity index (χ2v) is 4.00. The van der Waals surface area contributed by atoms with Crippen LogP contribution in [-0.2, 0) is 9.53 Å². The number of alkyl halides is 3. The maximum Gasteiger partial charge on any atom is 0.411 e. The van der Waals surface area contributed by atoms with E-state index in [2.05, 4.69) is 4.74 Å². The largest absolute Gasteiger partial charge is 0.423 e. The number of carbonyl (C=O) groups is 1. The molecule has 0 N–H and O–H groups in total. The minimum absolute atomic E-state index is 0.00155. The van der Waals surface area contributed by atoms with Crippen LogP contribution in [0.4, 0.5) is 13.2 Å². The van der Waals surface area contributed by atoms with Gasteiger partial charge in [0.15, 0.2) is 0 Å². The summed E-state index contributed by atoms with van der Waals surface area (Å²) < 4.78 is 44.0. The molecule has 0 spiro atoms. The van der Waals surface area contributed by atoms with E-state index >= 15 is 0 Å². The summed E-state index contributed by atoms with van der Waals surface area (Å²) in [6.07, 6.45) is -4.49. The minimum atomic E-state index is -4.49. The molecule has 0 aromatic heterocycles. The van der Waals surface area contributed by atoms with Crippen molar-refractivity contribution in [2.45, 2.75) is 6.18 Å². The molecule has 0 fully saturated rings. The number of ether oxygens (including phenoxy) is 2. The maximum absolute atomic E-state index is 11.7. The van der Waals surface area contributed by atoms with Crippen LogP contribution in [-0.4, -0.2) is 25.4 Å². The van der Waals surface area contributed by atoms with E-state index in [1.807, 2.05) is 0 Å². The molecule has 0 saturated carbocycles. The molecule has 100 valence electrons. The number of rotatable bonds is 4. The van der Waals surface area contributed by atoms with Crippen molar-refractivity contribution in [3.8, 4) is 5.75 Å². The van der Waals surface area contributed by atoms with E-state index in [-0.39, 0.29) is 10.8 Å². The van der Waals surface area contributed by atoms with Gasteiger partial charge in [0.2, 0.25) is 0 Å². The summed E-state index contributed by atoms with van der Waals surface area (Å²) in [5, 5.41) is 0.416. The molecule has 0 aliphatic heterocycles. The van der Waals surface area contributed by atoms with Gasteiger partial charge in [-0.25, -0.2) is 4.79 Å². The molecule has 8 heteroatoms. The average Bonchev–Trinajstić information content (AvgIpc) is 2.20. The van der Waals surface area contributed by atoms with Crippen molar-refractivity contribution in [1.82, 2.24) is 0 Å². The van der Waals surface area contributed by atoms with Crippen LogP contribution in [0.5, 0.6) is 5.75 Å². The monoisotopic (exact) mass is 302 g/mol. The van der Waals surface area contributed by atoms with Crippen molar-refractivity contribution in [2.24, 2.45) is 0 Å². The maximum atomic E-state index is 11.7. The summed E-state index contributed by atoms with van der Waals surface area (Å²) in [6.45, 7) is -2.34. The van der Waals surface area contributed by atoms with E-state index in [0.29, 0.717) is 5.02 Å². The van der Waals surface area contributed by atoms with E-state index in [9.17, 15) is 18.0 Å². The Labute approximate surface area is 110 Å². The Bertz CT molecular complexity index is 435. The highest BCUT2D eigenvalue weighted by atomic mass is 35.5. The van der Waals surface area contributed by atoms with Gasteiger partial charge in [0, 0.05) is 5.02 Å². The zero-order valence-corrected chi connectivity index (χ0v) is 10.3. The van der Waals surface area contributed by atoms with Gasteiger partial charge in [-0.2, -0.15) is 13.2 Å². The number of halogens is 5. The molecule has 0 saturated heterocycles. The number of hydrogen-bond donors (Lipinski definition) is 0. The van der Waals surface area contributed by atoms with Crippen LogP contribution in [0, 0.1) is 0 Å². The van der Waals surface area contributed by atoms with Crippen molar-refractivity contribution in [1.29, 1.82) is 0 Å². The SMILES string of the molecule is O=C(COCC(F)(F)F)Oc1ccc(Cl)cc1Cl. The number of benzene rings is 1. The smallest absolute Gasteiger partial charge is 0.411 e. The van der Waals surface area contributed by atoms with E-state index in [1.165, 1.54) is 18.2 Å². The Hall–Kier alpha value is -0.980. The lowest BCUT2D eigenvalue weighted by atomic mass is 10.3. The van der Waals surface area contributed by atoms with Crippen molar-refractivity contribution in [3.63, 3.8) is 0 Å². The molecule has 0 unspecified atom stereocenters. The molecule has 0 amide bonds. The molecule has 18 heavy (non-hydrogen) atoms. The lowest BCUT2D eigenvalue weighted by Crippen LogP contribution is -2.22. The van der Waals surface area contributed by atoms with Crippen LogP contribution in [0.15, 0.2) is 18.2 Å². The van der Waals surface area contributed by atoms with Gasteiger partial charge in [0.05, 0.1) is 5.02 Å². The van der Waals surface area contributed by atoms with Gasteiger partial charge in [0.1, 0.15) is 19.0 Å². The third-order valence-corrected chi connectivity index (χ3v) is 2.13. The van der Waals surface area contributed by atoms with Crippen LogP contribution in [0.3, 0.4) is 0 Å². The second-order valence-electron chi connectivity index (χ2n) is 3.16. The molecule has 0 atom stereocenters. The van der Waals surface area contributed by atoms with E-state index in [0.717, 1.165) is 0 Å². The molecular weight excluding hydrogens is 296 g/mol. The third-order valence-electron chi connectivity index (χ3n) is 1.60. The van der Waals surface area contributed by atoms with Gasteiger partial charge in [-0.3, -0.25) is 0 Å². The molecule has 1 rings (SSSR count). The Morgan fingerprint density at radius 2 is 1.94 bits per heavy atom. The van der Waals surface area contributed by atoms with Crippen molar-refractivity contribution >= 4 is 29.2 Å². The quantitative estimate of drug-likeness (QED) is 0.631. The average molecular weight is 303 g/mol. The van der Waals surface area contributed by atoms with Gasteiger partial charge >= 0.3 is 12.1 Å². The van der Waals surface area contributed by atoms with Crippen LogP contribution >= 0.6 is 23.2 Å². The topological polar surface area (TPSA) is 35.5 Å². The highest BCUT2D eigenvalue weighted by Gasteiger charge is 2.28. The number of esters is 1. The fourth-order valence-corrected chi connectivity index (χ4v) is 1.41. The lowest BCUT2D eigenvalue weighted by molar-refractivity contribution is -0.178. The fraction of sp³-hybridized carbons (Fsp3) is 0.300. The highest BCUT2D eigenvalue weighted by Crippen LogP contribution is 2.27. The Kier molecular flexibility index (Phi) is 5.25. The van der Waals surface area contributed by atoms with Crippen molar-refractivity contribution in [2.75, 3.05) is 13.2 Å². The van der Waals surface area contributed by atoms with Gasteiger partial charge in [0.25, 0.3) is 0 Å². The Morgan fingerprint density at radius 3 is 2.50 bits per heavy atom. The minimum Gasteiger partial charge on any atom is -0.423 e. The Balaban J connectivity index is 2.45. The molecule has 0 bridgehead atoms. The van der Waals surface area contributed by atoms with Gasteiger partial charge in [-0.05, 0) is 18.2 Å². The second kappa shape index (κ2) is 6.26. The predicted molar refractivity (Wildman–Crippen MR) is 59.0 cm³/mol. The normalized spacial score (nSPS) is 11.4. The summed E-state index contributed by atoms with van der Waals surface area (Å²) >= 11 is 11.3. The summed E-state index contributed by atoms with van der Waals surface area (Å²) in [7, 11) is 0. The number of carbonyl (C=O) groups excluding carboxylic acids is 1. The van der Waals surface area contributed by atoms with Crippen LogP contribution in [0.1, 0.15) is 0 Å².